The van der Waals surface area contributed by atoms with E-state index in [2.05, 4.69) is 0 Å². The SMILES string of the molecule is CCOC(=O)CC[C@@]1(C(=O)OCC)CCCCC12OCCO2. The van der Waals surface area contributed by atoms with E-state index in [9.17, 15) is 9.59 Å². The van der Waals surface area contributed by atoms with Crippen LogP contribution in [0.2, 0.25) is 0 Å². The minimum atomic E-state index is -0.940. The molecular weight excluding hydrogens is 288 g/mol. The summed E-state index contributed by atoms with van der Waals surface area (Å²) in [7, 11) is 0. The highest BCUT2D eigenvalue weighted by Gasteiger charge is 2.62. The highest BCUT2D eigenvalue weighted by molar-refractivity contribution is 5.79. The molecule has 2 fully saturated rings. The number of carbonyl (C=O) groups is 2. The molecule has 22 heavy (non-hydrogen) atoms. The normalized spacial score (nSPS) is 26.8. The van der Waals surface area contributed by atoms with Crippen molar-refractivity contribution in [2.75, 3.05) is 26.4 Å². The molecule has 1 heterocycles. The van der Waals surface area contributed by atoms with Crippen molar-refractivity contribution in [1.82, 2.24) is 0 Å². The third-order valence-corrected chi connectivity index (χ3v) is 4.57. The number of esters is 2. The molecule has 1 saturated heterocycles. The molecule has 1 aliphatic carbocycles. The first-order chi connectivity index (χ1) is 10.6. The second kappa shape index (κ2) is 7.42. The van der Waals surface area contributed by atoms with Gasteiger partial charge in [0.15, 0.2) is 5.79 Å². The molecule has 0 aromatic rings. The lowest BCUT2D eigenvalue weighted by Gasteiger charge is -2.47. The highest BCUT2D eigenvalue weighted by Crippen LogP contribution is 2.53. The molecular formula is C16H26O6. The molecule has 0 aromatic carbocycles. The van der Waals surface area contributed by atoms with Crippen LogP contribution in [0.4, 0.5) is 0 Å². The van der Waals surface area contributed by atoms with Crippen LogP contribution in [-0.4, -0.2) is 44.2 Å². The van der Waals surface area contributed by atoms with E-state index in [4.69, 9.17) is 18.9 Å². The van der Waals surface area contributed by atoms with E-state index in [1.54, 1.807) is 13.8 Å². The predicted octanol–water partition coefficient (Wildman–Crippen LogP) is 2.20. The summed E-state index contributed by atoms with van der Waals surface area (Å²) < 4.78 is 22.1. The average Bonchev–Trinajstić information content (AvgIpc) is 2.97. The fraction of sp³-hybridized carbons (Fsp3) is 0.875. The summed E-state index contributed by atoms with van der Waals surface area (Å²) in [4.78, 5) is 24.5. The van der Waals surface area contributed by atoms with Gasteiger partial charge in [0, 0.05) is 12.8 Å². The lowest BCUT2D eigenvalue weighted by molar-refractivity contribution is -0.261. The van der Waals surface area contributed by atoms with Gasteiger partial charge in [0.1, 0.15) is 5.41 Å². The van der Waals surface area contributed by atoms with Crippen LogP contribution < -0.4 is 0 Å². The summed E-state index contributed by atoms with van der Waals surface area (Å²) >= 11 is 0. The Morgan fingerprint density at radius 1 is 1.00 bits per heavy atom. The molecule has 0 bridgehead atoms. The summed E-state index contributed by atoms with van der Waals surface area (Å²) in [6.45, 7) is 5.13. The third-order valence-electron chi connectivity index (χ3n) is 4.57. The van der Waals surface area contributed by atoms with Gasteiger partial charge in [-0.25, -0.2) is 0 Å². The molecule has 2 rings (SSSR count). The van der Waals surface area contributed by atoms with Gasteiger partial charge in [-0.05, 0) is 33.1 Å². The second-order valence-electron chi connectivity index (χ2n) is 5.76. The number of hydrogen-bond acceptors (Lipinski definition) is 6. The third kappa shape index (κ3) is 3.13. The van der Waals surface area contributed by atoms with Crippen molar-refractivity contribution in [1.29, 1.82) is 0 Å². The Hall–Kier alpha value is -1.14. The van der Waals surface area contributed by atoms with Crippen molar-refractivity contribution in [2.45, 2.75) is 58.2 Å². The molecule has 0 aromatic heterocycles. The zero-order valence-corrected chi connectivity index (χ0v) is 13.5. The Bertz CT molecular complexity index is 401. The maximum Gasteiger partial charge on any atom is 0.317 e. The summed E-state index contributed by atoms with van der Waals surface area (Å²) in [5.41, 5.74) is -0.912. The average molecular weight is 314 g/mol. The first-order valence-electron chi connectivity index (χ1n) is 8.21. The van der Waals surface area contributed by atoms with Crippen LogP contribution in [0.1, 0.15) is 52.4 Å². The van der Waals surface area contributed by atoms with Gasteiger partial charge < -0.3 is 18.9 Å². The van der Waals surface area contributed by atoms with Crippen LogP contribution in [0.15, 0.2) is 0 Å². The standard InChI is InChI=1S/C16H26O6/c1-3-19-13(17)7-10-15(14(18)20-4-2)8-5-6-9-16(15)21-11-12-22-16/h3-12H2,1-2H3/t15-/m1/s1. The summed E-state index contributed by atoms with van der Waals surface area (Å²) in [5, 5.41) is 0. The van der Waals surface area contributed by atoms with Gasteiger partial charge >= 0.3 is 11.9 Å². The number of carbonyl (C=O) groups excluding carboxylic acids is 2. The van der Waals surface area contributed by atoms with Crippen molar-refractivity contribution < 1.29 is 28.5 Å². The van der Waals surface area contributed by atoms with Crippen molar-refractivity contribution in [3.63, 3.8) is 0 Å². The Morgan fingerprint density at radius 2 is 1.64 bits per heavy atom. The Labute approximate surface area is 131 Å². The van der Waals surface area contributed by atoms with Gasteiger partial charge in [0.2, 0.25) is 0 Å². The van der Waals surface area contributed by atoms with Crippen LogP contribution in [0.3, 0.4) is 0 Å². The van der Waals surface area contributed by atoms with Crippen molar-refractivity contribution in [3.8, 4) is 0 Å². The minimum Gasteiger partial charge on any atom is -0.466 e. The van der Waals surface area contributed by atoms with Gasteiger partial charge in [0.05, 0.1) is 26.4 Å². The van der Waals surface area contributed by atoms with Gasteiger partial charge in [0.25, 0.3) is 0 Å². The lowest BCUT2D eigenvalue weighted by Crippen LogP contribution is -2.57. The van der Waals surface area contributed by atoms with Crippen LogP contribution >= 0.6 is 0 Å². The Morgan fingerprint density at radius 3 is 2.27 bits per heavy atom. The maximum atomic E-state index is 12.7. The number of ether oxygens (including phenoxy) is 4. The van der Waals surface area contributed by atoms with Crippen molar-refractivity contribution >= 4 is 11.9 Å². The van der Waals surface area contributed by atoms with Crippen LogP contribution in [-0.2, 0) is 28.5 Å². The molecule has 6 heteroatoms. The van der Waals surface area contributed by atoms with E-state index in [0.29, 0.717) is 45.7 Å². The topological polar surface area (TPSA) is 71.1 Å². The molecule has 0 unspecified atom stereocenters. The summed E-state index contributed by atoms with van der Waals surface area (Å²) in [5.74, 6) is -1.56. The fourth-order valence-corrected chi connectivity index (χ4v) is 3.58. The number of hydrogen-bond donors (Lipinski definition) is 0. The molecule has 0 N–H and O–H groups in total. The van der Waals surface area contributed by atoms with Gasteiger partial charge in [-0.2, -0.15) is 0 Å². The molecule has 0 radical (unpaired) electrons. The van der Waals surface area contributed by atoms with Crippen LogP contribution in [0, 0.1) is 5.41 Å². The van der Waals surface area contributed by atoms with E-state index >= 15 is 0 Å². The van der Waals surface area contributed by atoms with E-state index in [1.165, 1.54) is 0 Å². The smallest absolute Gasteiger partial charge is 0.317 e. The van der Waals surface area contributed by atoms with Crippen LogP contribution in [0.5, 0.6) is 0 Å². The molecule has 2 aliphatic rings. The van der Waals surface area contributed by atoms with Crippen molar-refractivity contribution in [2.24, 2.45) is 5.41 Å². The van der Waals surface area contributed by atoms with Gasteiger partial charge in [-0.3, -0.25) is 9.59 Å². The largest absolute Gasteiger partial charge is 0.466 e. The molecule has 126 valence electrons. The molecule has 1 aliphatic heterocycles. The van der Waals surface area contributed by atoms with Gasteiger partial charge in [-0.1, -0.05) is 6.42 Å². The predicted molar refractivity (Wildman–Crippen MR) is 78.0 cm³/mol. The Kier molecular flexibility index (Phi) is 5.81. The minimum absolute atomic E-state index is 0.168. The molecule has 1 spiro atoms. The van der Waals surface area contributed by atoms with E-state index < -0.39 is 11.2 Å². The van der Waals surface area contributed by atoms with Crippen molar-refractivity contribution in [3.05, 3.63) is 0 Å². The maximum absolute atomic E-state index is 12.7. The van der Waals surface area contributed by atoms with E-state index in [1.807, 2.05) is 0 Å². The summed E-state index contributed by atoms with van der Waals surface area (Å²) in [6.07, 6.45) is 3.63. The van der Waals surface area contributed by atoms with E-state index in [0.717, 1.165) is 12.8 Å². The fourth-order valence-electron chi connectivity index (χ4n) is 3.58. The molecule has 6 nitrogen and oxygen atoms in total. The zero-order chi connectivity index (χ0) is 16.1. The second-order valence-corrected chi connectivity index (χ2v) is 5.76. The first-order valence-corrected chi connectivity index (χ1v) is 8.21. The zero-order valence-electron chi connectivity index (χ0n) is 13.5. The number of rotatable bonds is 6. The summed E-state index contributed by atoms with van der Waals surface area (Å²) in [6, 6.07) is 0. The molecule has 0 amide bonds. The quantitative estimate of drug-likeness (QED) is 0.700. The van der Waals surface area contributed by atoms with E-state index in [-0.39, 0.29) is 18.4 Å². The molecule has 1 saturated carbocycles. The molecule has 1 atom stereocenters. The Balaban J connectivity index is 2.23. The lowest BCUT2D eigenvalue weighted by atomic mass is 9.66. The van der Waals surface area contributed by atoms with Crippen LogP contribution in [0.25, 0.3) is 0 Å². The first kappa shape index (κ1) is 17.2. The monoisotopic (exact) mass is 314 g/mol. The highest BCUT2D eigenvalue weighted by atomic mass is 16.7. The van der Waals surface area contributed by atoms with Gasteiger partial charge in [-0.15, -0.1) is 0 Å².